The lowest BCUT2D eigenvalue weighted by atomic mass is 9.93. The zero-order valence-electron chi connectivity index (χ0n) is 11.0. The standard InChI is InChI=1S/C14H17NO4/c1-18-13(16)10-8-11(14(17)19-2)15-12(10)9-6-4-3-5-7-9/h3-7,10-12,15H,8H2,1-2H3. The van der Waals surface area contributed by atoms with Crippen LogP contribution in [0.5, 0.6) is 0 Å². The molecule has 1 aliphatic rings. The van der Waals surface area contributed by atoms with Crippen LogP contribution in [0.25, 0.3) is 0 Å². The fourth-order valence-electron chi connectivity index (χ4n) is 2.47. The van der Waals surface area contributed by atoms with Crippen LogP contribution in [0.1, 0.15) is 18.0 Å². The summed E-state index contributed by atoms with van der Waals surface area (Å²) >= 11 is 0. The lowest BCUT2D eigenvalue weighted by Gasteiger charge is -2.17. The first-order valence-electron chi connectivity index (χ1n) is 6.14. The van der Waals surface area contributed by atoms with Crippen molar-refractivity contribution >= 4 is 11.9 Å². The molecule has 0 spiro atoms. The number of benzene rings is 1. The number of rotatable bonds is 3. The minimum atomic E-state index is -0.473. The topological polar surface area (TPSA) is 64.6 Å². The smallest absolute Gasteiger partial charge is 0.322 e. The third-order valence-corrected chi connectivity index (χ3v) is 3.42. The van der Waals surface area contributed by atoms with Crippen molar-refractivity contribution in [2.24, 2.45) is 5.92 Å². The fourth-order valence-corrected chi connectivity index (χ4v) is 2.47. The van der Waals surface area contributed by atoms with Gasteiger partial charge in [-0.15, -0.1) is 0 Å². The number of hydrogen-bond acceptors (Lipinski definition) is 5. The van der Waals surface area contributed by atoms with Gasteiger partial charge in [-0.25, -0.2) is 0 Å². The highest BCUT2D eigenvalue weighted by atomic mass is 16.5. The minimum Gasteiger partial charge on any atom is -0.469 e. The maximum atomic E-state index is 11.8. The summed E-state index contributed by atoms with van der Waals surface area (Å²) in [5.41, 5.74) is 0.962. The molecule has 19 heavy (non-hydrogen) atoms. The van der Waals surface area contributed by atoms with Crippen LogP contribution >= 0.6 is 0 Å². The van der Waals surface area contributed by atoms with Gasteiger partial charge in [0.1, 0.15) is 6.04 Å². The molecule has 0 bridgehead atoms. The molecule has 0 aliphatic carbocycles. The number of carbonyl (C=O) groups is 2. The highest BCUT2D eigenvalue weighted by Gasteiger charge is 2.42. The van der Waals surface area contributed by atoms with E-state index in [0.717, 1.165) is 5.56 Å². The molecule has 0 saturated carbocycles. The summed E-state index contributed by atoms with van der Waals surface area (Å²) in [6, 6.07) is 8.86. The molecule has 1 N–H and O–H groups in total. The van der Waals surface area contributed by atoms with Crippen molar-refractivity contribution in [3.8, 4) is 0 Å². The van der Waals surface area contributed by atoms with Crippen LogP contribution in [-0.2, 0) is 19.1 Å². The van der Waals surface area contributed by atoms with E-state index >= 15 is 0 Å². The number of methoxy groups -OCH3 is 2. The lowest BCUT2D eigenvalue weighted by molar-refractivity contribution is -0.146. The summed E-state index contributed by atoms with van der Waals surface area (Å²) in [4.78, 5) is 23.5. The van der Waals surface area contributed by atoms with Crippen molar-refractivity contribution in [2.45, 2.75) is 18.5 Å². The molecule has 1 aromatic carbocycles. The number of hydrogen-bond donors (Lipinski definition) is 1. The molecule has 2 rings (SSSR count). The van der Waals surface area contributed by atoms with E-state index in [1.165, 1.54) is 14.2 Å². The van der Waals surface area contributed by atoms with Gasteiger partial charge in [0.2, 0.25) is 0 Å². The zero-order chi connectivity index (χ0) is 13.8. The molecule has 1 aromatic rings. The molecule has 1 heterocycles. The van der Waals surface area contributed by atoms with Crippen LogP contribution < -0.4 is 5.32 Å². The Morgan fingerprint density at radius 1 is 1.11 bits per heavy atom. The van der Waals surface area contributed by atoms with Gasteiger partial charge < -0.3 is 9.47 Å². The largest absolute Gasteiger partial charge is 0.469 e. The van der Waals surface area contributed by atoms with Gasteiger partial charge in [0.25, 0.3) is 0 Å². The van der Waals surface area contributed by atoms with Gasteiger partial charge in [0.05, 0.1) is 20.1 Å². The SMILES string of the molecule is COC(=O)C1CC(C(=O)OC)C(c2ccccc2)N1. The van der Waals surface area contributed by atoms with E-state index in [1.807, 2.05) is 30.3 Å². The van der Waals surface area contributed by atoms with E-state index in [0.29, 0.717) is 6.42 Å². The van der Waals surface area contributed by atoms with Gasteiger partial charge in [-0.05, 0) is 12.0 Å². The number of carbonyl (C=O) groups excluding carboxylic acids is 2. The minimum absolute atomic E-state index is 0.224. The summed E-state index contributed by atoms with van der Waals surface area (Å²) in [6.45, 7) is 0. The average molecular weight is 263 g/mol. The second kappa shape index (κ2) is 5.84. The molecule has 5 heteroatoms. The Hall–Kier alpha value is -1.88. The predicted octanol–water partition coefficient (Wildman–Crippen LogP) is 1.05. The van der Waals surface area contributed by atoms with E-state index in [9.17, 15) is 9.59 Å². The highest BCUT2D eigenvalue weighted by Crippen LogP contribution is 2.33. The Morgan fingerprint density at radius 2 is 1.74 bits per heavy atom. The molecule has 0 aromatic heterocycles. The first-order valence-corrected chi connectivity index (χ1v) is 6.14. The molecule has 5 nitrogen and oxygen atoms in total. The quantitative estimate of drug-likeness (QED) is 0.826. The lowest BCUT2D eigenvalue weighted by Crippen LogP contribution is -2.33. The first kappa shape index (κ1) is 13.5. The van der Waals surface area contributed by atoms with E-state index in [2.05, 4.69) is 5.32 Å². The van der Waals surface area contributed by atoms with Gasteiger partial charge in [0, 0.05) is 6.04 Å². The van der Waals surface area contributed by atoms with Crippen LogP contribution in [0.2, 0.25) is 0 Å². The third-order valence-electron chi connectivity index (χ3n) is 3.42. The Balaban J connectivity index is 2.24. The first-order chi connectivity index (χ1) is 9.17. The van der Waals surface area contributed by atoms with Crippen LogP contribution in [-0.4, -0.2) is 32.2 Å². The summed E-state index contributed by atoms with van der Waals surface area (Å²) in [5, 5.41) is 3.15. The second-order valence-electron chi connectivity index (χ2n) is 4.50. The van der Waals surface area contributed by atoms with Crippen LogP contribution in [0.4, 0.5) is 0 Å². The summed E-state index contributed by atoms with van der Waals surface area (Å²) in [5.74, 6) is -1.04. The molecule has 0 radical (unpaired) electrons. The fraction of sp³-hybridized carbons (Fsp3) is 0.429. The van der Waals surface area contributed by atoms with Crippen molar-refractivity contribution in [2.75, 3.05) is 14.2 Å². The summed E-state index contributed by atoms with van der Waals surface area (Å²) in [7, 11) is 2.70. The Morgan fingerprint density at radius 3 is 2.32 bits per heavy atom. The molecule has 1 fully saturated rings. The van der Waals surface area contributed by atoms with E-state index in [1.54, 1.807) is 0 Å². The molecule has 1 saturated heterocycles. The maximum absolute atomic E-state index is 11.8. The van der Waals surface area contributed by atoms with Gasteiger partial charge in [-0.3, -0.25) is 14.9 Å². The zero-order valence-corrected chi connectivity index (χ0v) is 11.0. The summed E-state index contributed by atoms with van der Waals surface area (Å²) < 4.78 is 9.54. The predicted molar refractivity (Wildman–Crippen MR) is 68.2 cm³/mol. The Labute approximate surface area is 111 Å². The maximum Gasteiger partial charge on any atom is 0.322 e. The monoisotopic (exact) mass is 263 g/mol. The number of ether oxygens (including phenoxy) is 2. The Bertz CT molecular complexity index is 460. The molecular weight excluding hydrogens is 246 g/mol. The van der Waals surface area contributed by atoms with Gasteiger partial charge in [0.15, 0.2) is 0 Å². The molecule has 102 valence electrons. The van der Waals surface area contributed by atoms with E-state index in [-0.39, 0.29) is 23.9 Å². The van der Waals surface area contributed by atoms with Crippen molar-refractivity contribution in [1.29, 1.82) is 0 Å². The molecule has 3 unspecified atom stereocenters. The molecule has 1 aliphatic heterocycles. The van der Waals surface area contributed by atoms with Crippen molar-refractivity contribution in [3.63, 3.8) is 0 Å². The summed E-state index contributed by atoms with van der Waals surface area (Å²) in [6.07, 6.45) is 0.388. The van der Waals surface area contributed by atoms with E-state index < -0.39 is 6.04 Å². The van der Waals surface area contributed by atoms with Crippen molar-refractivity contribution < 1.29 is 19.1 Å². The van der Waals surface area contributed by atoms with Crippen LogP contribution in [0, 0.1) is 5.92 Å². The third kappa shape index (κ3) is 2.76. The Kier molecular flexibility index (Phi) is 4.16. The second-order valence-corrected chi connectivity index (χ2v) is 4.50. The number of nitrogens with one attached hydrogen (secondary N) is 1. The normalized spacial score (nSPS) is 25.9. The highest BCUT2D eigenvalue weighted by molar-refractivity contribution is 5.80. The van der Waals surface area contributed by atoms with Crippen molar-refractivity contribution in [3.05, 3.63) is 35.9 Å². The van der Waals surface area contributed by atoms with Gasteiger partial charge >= 0.3 is 11.9 Å². The van der Waals surface area contributed by atoms with Gasteiger partial charge in [-0.1, -0.05) is 30.3 Å². The van der Waals surface area contributed by atoms with Crippen LogP contribution in [0.15, 0.2) is 30.3 Å². The molecular formula is C14H17NO4. The van der Waals surface area contributed by atoms with Crippen LogP contribution in [0.3, 0.4) is 0 Å². The average Bonchev–Trinajstić information content (AvgIpc) is 2.91. The molecule has 0 amide bonds. The molecule has 3 atom stereocenters. The van der Waals surface area contributed by atoms with Crippen molar-refractivity contribution in [1.82, 2.24) is 5.32 Å². The number of esters is 2. The van der Waals surface area contributed by atoms with E-state index in [4.69, 9.17) is 9.47 Å². The van der Waals surface area contributed by atoms with Gasteiger partial charge in [-0.2, -0.15) is 0 Å².